The van der Waals surface area contributed by atoms with E-state index < -0.39 is 51.8 Å². The normalized spacial score (nSPS) is 14.3. The van der Waals surface area contributed by atoms with Gasteiger partial charge in [0.15, 0.2) is 6.10 Å². The van der Waals surface area contributed by atoms with Crippen molar-refractivity contribution in [3.8, 4) is 0 Å². The monoisotopic (exact) mass is 827 g/mol. The summed E-state index contributed by atoms with van der Waals surface area (Å²) in [7, 11) is -4.63. The van der Waals surface area contributed by atoms with Gasteiger partial charge in [-0.3, -0.25) is 18.6 Å². The summed E-state index contributed by atoms with van der Waals surface area (Å²) in [6.07, 6.45) is 45.1. The molecule has 0 aliphatic rings. The third-order valence-corrected chi connectivity index (χ3v) is 10.4. The van der Waals surface area contributed by atoms with E-state index in [4.69, 9.17) is 19.1 Å². The Labute approximate surface area is 347 Å². The molecule has 57 heavy (non-hydrogen) atoms. The topological polar surface area (TPSA) is 149 Å². The first kappa shape index (κ1) is 54.9. The maximum Gasteiger partial charge on any atom is 0.472 e. The summed E-state index contributed by atoms with van der Waals surface area (Å²) in [5.74, 6) is -0.974. The molecule has 3 atom stereocenters. The molecule has 0 saturated carbocycles. The van der Waals surface area contributed by atoms with Crippen LogP contribution in [0.3, 0.4) is 0 Å². The quantitative estimate of drug-likeness (QED) is 0.0235. The molecule has 0 rings (SSSR count). The molecule has 0 fully saturated rings. The van der Waals surface area contributed by atoms with Crippen molar-refractivity contribution >= 4 is 19.8 Å². The number of unbranched alkanes of at least 4 members (excludes halogenated alkanes) is 20. The lowest BCUT2D eigenvalue weighted by atomic mass is 10.1. The molecule has 11 heteroatoms. The minimum Gasteiger partial charge on any atom is -0.462 e. The van der Waals surface area contributed by atoms with E-state index in [0.29, 0.717) is 12.8 Å². The van der Waals surface area contributed by atoms with Gasteiger partial charge in [0, 0.05) is 12.8 Å². The highest BCUT2D eigenvalue weighted by atomic mass is 31.2. The van der Waals surface area contributed by atoms with E-state index in [1.54, 1.807) is 0 Å². The summed E-state index contributed by atoms with van der Waals surface area (Å²) in [6, 6.07) is 0. The van der Waals surface area contributed by atoms with Gasteiger partial charge in [-0.05, 0) is 77.0 Å². The maximum atomic E-state index is 12.6. The van der Waals surface area contributed by atoms with E-state index in [1.165, 1.54) is 96.3 Å². The summed E-state index contributed by atoms with van der Waals surface area (Å²) in [6.45, 7) is 2.31. The number of carbonyl (C=O) groups is 2. The maximum absolute atomic E-state index is 12.6. The Kier molecular flexibility index (Phi) is 40.5. The molecule has 0 radical (unpaired) electrons. The first-order chi connectivity index (χ1) is 27.7. The molecule has 0 aromatic rings. The van der Waals surface area contributed by atoms with Crippen molar-refractivity contribution in [2.75, 3.05) is 26.4 Å². The molecule has 0 aromatic heterocycles. The number of aliphatic hydroxyl groups excluding tert-OH is 2. The number of phosphoric acid groups is 1. The number of aliphatic hydroxyl groups is 2. The fraction of sp³-hybridized carbons (Fsp3) is 0.783. The van der Waals surface area contributed by atoms with E-state index in [-0.39, 0.29) is 19.4 Å². The largest absolute Gasteiger partial charge is 0.472 e. The number of phosphoric ester groups is 1. The third kappa shape index (κ3) is 41.9. The zero-order valence-corrected chi connectivity index (χ0v) is 36.9. The van der Waals surface area contributed by atoms with Crippen LogP contribution in [-0.2, 0) is 32.7 Å². The number of esters is 2. The molecular weight excluding hydrogens is 743 g/mol. The molecule has 0 amide bonds. The Morgan fingerprint density at radius 1 is 0.526 bits per heavy atom. The van der Waals surface area contributed by atoms with Gasteiger partial charge in [-0.15, -0.1) is 0 Å². The van der Waals surface area contributed by atoms with Gasteiger partial charge >= 0.3 is 19.8 Å². The summed E-state index contributed by atoms with van der Waals surface area (Å²) in [5, 5.41) is 18.3. The second-order valence-electron chi connectivity index (χ2n) is 15.1. The highest BCUT2D eigenvalue weighted by Gasteiger charge is 2.27. The summed E-state index contributed by atoms with van der Waals surface area (Å²) >= 11 is 0. The zero-order chi connectivity index (χ0) is 41.9. The van der Waals surface area contributed by atoms with Crippen LogP contribution in [0.1, 0.15) is 194 Å². The van der Waals surface area contributed by atoms with Gasteiger partial charge in [0.1, 0.15) is 12.7 Å². The average molecular weight is 827 g/mol. The Morgan fingerprint density at radius 3 is 1.46 bits per heavy atom. The molecule has 0 heterocycles. The van der Waals surface area contributed by atoms with Gasteiger partial charge in [-0.25, -0.2) is 4.57 Å². The zero-order valence-electron chi connectivity index (χ0n) is 36.0. The Bertz CT molecular complexity index is 1090. The predicted molar refractivity (Wildman–Crippen MR) is 233 cm³/mol. The van der Waals surface area contributed by atoms with Gasteiger partial charge in [0.2, 0.25) is 0 Å². The molecule has 332 valence electrons. The number of hydrogen-bond acceptors (Lipinski definition) is 9. The van der Waals surface area contributed by atoms with Crippen molar-refractivity contribution in [3.05, 3.63) is 48.6 Å². The molecule has 0 aliphatic carbocycles. The van der Waals surface area contributed by atoms with Gasteiger partial charge in [0.25, 0.3) is 0 Å². The minimum absolute atomic E-state index is 0.170. The molecular formula is C46H83O10P. The number of hydrogen-bond donors (Lipinski definition) is 3. The Hall–Kier alpha value is -2.07. The number of allylic oxidation sites excluding steroid dienone is 8. The van der Waals surface area contributed by atoms with Crippen molar-refractivity contribution in [3.63, 3.8) is 0 Å². The lowest BCUT2D eigenvalue weighted by Gasteiger charge is -2.20. The summed E-state index contributed by atoms with van der Waals surface area (Å²) in [5.41, 5.74) is 0. The van der Waals surface area contributed by atoms with Crippen molar-refractivity contribution in [1.82, 2.24) is 0 Å². The average Bonchev–Trinajstić information content (AvgIpc) is 3.20. The third-order valence-electron chi connectivity index (χ3n) is 9.46. The summed E-state index contributed by atoms with van der Waals surface area (Å²) < 4.78 is 32.7. The van der Waals surface area contributed by atoms with Crippen molar-refractivity contribution in [2.45, 2.75) is 206 Å². The van der Waals surface area contributed by atoms with E-state index in [0.717, 1.165) is 57.8 Å². The van der Waals surface area contributed by atoms with Gasteiger partial charge in [-0.1, -0.05) is 152 Å². The van der Waals surface area contributed by atoms with E-state index in [1.807, 2.05) is 0 Å². The number of ether oxygens (including phenoxy) is 2. The lowest BCUT2D eigenvalue weighted by Crippen LogP contribution is -2.29. The Morgan fingerprint density at radius 2 is 0.912 bits per heavy atom. The predicted octanol–water partition coefficient (Wildman–Crippen LogP) is 12.1. The van der Waals surface area contributed by atoms with Crippen LogP contribution in [0.25, 0.3) is 0 Å². The van der Waals surface area contributed by atoms with E-state index >= 15 is 0 Å². The van der Waals surface area contributed by atoms with Crippen molar-refractivity contribution in [1.29, 1.82) is 0 Å². The fourth-order valence-electron chi connectivity index (χ4n) is 5.94. The van der Waals surface area contributed by atoms with Crippen molar-refractivity contribution in [2.24, 2.45) is 0 Å². The van der Waals surface area contributed by atoms with Crippen LogP contribution in [0.2, 0.25) is 0 Å². The smallest absolute Gasteiger partial charge is 0.462 e. The van der Waals surface area contributed by atoms with Crippen LogP contribution in [0.4, 0.5) is 0 Å². The first-order valence-electron chi connectivity index (χ1n) is 22.6. The molecule has 0 aliphatic heterocycles. The highest BCUT2D eigenvalue weighted by molar-refractivity contribution is 7.47. The first-order valence-corrected chi connectivity index (χ1v) is 24.1. The van der Waals surface area contributed by atoms with Gasteiger partial charge in [0.05, 0.1) is 19.8 Å². The SMILES string of the molecule is CCCCC/C=C\C/C=C\C/C=C\CCCCC(=O)OC[C@H](COP(=O)(O)OC[C@@H](O)CO)OC(=O)CCCCCCCCC/C=C\CCCCCCCCCC. The van der Waals surface area contributed by atoms with Crippen molar-refractivity contribution < 1.29 is 47.8 Å². The standard InChI is InChI=1S/C46H83O10P/c1-3-5-7-9-11-13-15-17-19-20-21-22-24-26-28-30-32-34-36-38-46(50)56-44(42-55-57(51,52)54-40-43(48)39-47)41-53-45(49)37-35-33-31-29-27-25-23-18-16-14-12-10-8-6-4-2/h12,14,18,20-21,23,27,29,43-44,47-48H,3-11,13,15-17,19,22,24-26,28,30-42H2,1-2H3,(H,51,52)/b14-12-,21-20-,23-18-,29-27-/t43-,44+/m0/s1. The fourth-order valence-corrected chi connectivity index (χ4v) is 6.72. The second-order valence-corrected chi connectivity index (χ2v) is 16.5. The molecule has 0 saturated heterocycles. The molecule has 1 unspecified atom stereocenters. The minimum atomic E-state index is -4.63. The highest BCUT2D eigenvalue weighted by Crippen LogP contribution is 2.43. The molecule has 0 bridgehead atoms. The number of rotatable bonds is 42. The molecule has 3 N–H and O–H groups in total. The van der Waals surface area contributed by atoms with Crippen LogP contribution in [0.5, 0.6) is 0 Å². The molecule has 0 aromatic carbocycles. The Balaban J connectivity index is 4.32. The van der Waals surface area contributed by atoms with Gasteiger partial charge < -0.3 is 24.6 Å². The summed E-state index contributed by atoms with van der Waals surface area (Å²) in [4.78, 5) is 35.0. The van der Waals surface area contributed by atoms with E-state index in [9.17, 15) is 24.2 Å². The van der Waals surface area contributed by atoms with Crippen LogP contribution < -0.4 is 0 Å². The van der Waals surface area contributed by atoms with Gasteiger partial charge in [-0.2, -0.15) is 0 Å². The van der Waals surface area contributed by atoms with E-state index in [2.05, 4.69) is 67.0 Å². The number of carbonyl (C=O) groups excluding carboxylic acids is 2. The van der Waals surface area contributed by atoms with Crippen LogP contribution in [0.15, 0.2) is 48.6 Å². The van der Waals surface area contributed by atoms with Crippen LogP contribution in [0, 0.1) is 0 Å². The molecule has 0 spiro atoms. The lowest BCUT2D eigenvalue weighted by molar-refractivity contribution is -0.161. The molecule has 10 nitrogen and oxygen atoms in total. The van der Waals surface area contributed by atoms with Crippen LogP contribution >= 0.6 is 7.82 Å². The van der Waals surface area contributed by atoms with Crippen LogP contribution in [-0.4, -0.2) is 65.7 Å². The second kappa shape index (κ2) is 42.1.